The maximum atomic E-state index is 13.7. The van der Waals surface area contributed by atoms with Gasteiger partial charge in [0.1, 0.15) is 5.02 Å². The van der Waals surface area contributed by atoms with Crippen LogP contribution in [0.1, 0.15) is 78.4 Å². The van der Waals surface area contributed by atoms with Gasteiger partial charge in [0.05, 0.1) is 29.0 Å². The molecule has 1 spiro atoms. The number of nitrogens with zero attached hydrogens (tertiary/aromatic N) is 7. The molecule has 13 nitrogen and oxygen atoms in total. The number of carbonyl (C=O) groups excluding carboxylic acids is 3. The Hall–Kier alpha value is -4.75. The second-order valence-electron chi connectivity index (χ2n) is 15.9. The van der Waals surface area contributed by atoms with Gasteiger partial charge < -0.3 is 20.0 Å². The molecule has 8 rings (SSSR count). The van der Waals surface area contributed by atoms with Crippen molar-refractivity contribution in [1.82, 2.24) is 34.7 Å². The Morgan fingerprint density at radius 1 is 0.926 bits per heavy atom. The number of imide groups is 1. The fraction of sp³-hybridized carbons (Fsp3) is 0.500. The first-order valence-corrected chi connectivity index (χ1v) is 19.5. The van der Waals surface area contributed by atoms with Gasteiger partial charge in [0, 0.05) is 82.5 Å². The highest BCUT2D eigenvalue weighted by Crippen LogP contribution is 2.43. The zero-order chi connectivity index (χ0) is 37.7. The van der Waals surface area contributed by atoms with Gasteiger partial charge in [-0.1, -0.05) is 23.7 Å². The van der Waals surface area contributed by atoms with E-state index in [-0.39, 0.29) is 45.7 Å². The number of halogens is 1. The summed E-state index contributed by atoms with van der Waals surface area (Å²) >= 11 is 6.33. The minimum atomic E-state index is -0.413. The number of likely N-dealkylation sites (N-methyl/N-ethyl adjacent to an activating group) is 1. The molecular weight excluding hydrogens is 706 g/mol. The summed E-state index contributed by atoms with van der Waals surface area (Å²) in [5, 5.41) is 15.8. The first-order valence-electron chi connectivity index (χ1n) is 19.1. The molecule has 0 aliphatic carbocycles. The average molecular weight is 754 g/mol. The lowest BCUT2D eigenvalue weighted by Gasteiger charge is -2.47. The maximum Gasteiger partial charge on any atom is 0.287 e. The lowest BCUT2D eigenvalue weighted by molar-refractivity contribution is -0.134. The van der Waals surface area contributed by atoms with Gasteiger partial charge in [0.25, 0.3) is 11.5 Å². The molecular formula is C40H48ClN9O4. The van der Waals surface area contributed by atoms with E-state index in [1.807, 2.05) is 28.8 Å². The Bertz CT molecular complexity index is 2150. The first-order chi connectivity index (χ1) is 26.0. The molecule has 0 saturated carbocycles. The molecule has 2 aromatic heterocycles. The van der Waals surface area contributed by atoms with Crippen LogP contribution in [0.5, 0.6) is 0 Å². The van der Waals surface area contributed by atoms with Crippen molar-refractivity contribution in [2.75, 3.05) is 56.5 Å². The van der Waals surface area contributed by atoms with Crippen LogP contribution in [0.4, 0.5) is 11.4 Å². The third-order valence-electron chi connectivity index (χ3n) is 12.4. The van der Waals surface area contributed by atoms with Gasteiger partial charge in [-0.05, 0) is 92.8 Å². The average Bonchev–Trinajstić information content (AvgIpc) is 3.50. The predicted molar refractivity (Wildman–Crippen MR) is 208 cm³/mol. The zero-order valence-corrected chi connectivity index (χ0v) is 31.9. The molecule has 4 fully saturated rings. The van der Waals surface area contributed by atoms with E-state index in [0.717, 1.165) is 99.2 Å². The van der Waals surface area contributed by atoms with E-state index in [9.17, 15) is 19.2 Å². The highest BCUT2D eigenvalue weighted by molar-refractivity contribution is 6.32. The number of nitrogens with one attached hydrogen (secondary N) is 2. The summed E-state index contributed by atoms with van der Waals surface area (Å²) in [6.45, 7) is 5.18. The van der Waals surface area contributed by atoms with Gasteiger partial charge >= 0.3 is 0 Å². The number of likely N-dealkylation sites (tertiary alicyclic amines) is 2. The SMILES string of the molecule is CN1C[C@H](Nc2cnn(C)c(=O)c2Cl)C[C@H](c2ccc(C(=O)N3CCC4(CC3)CCN(c3ccc5c(C6CCC(=O)NC6=O)nn(C)c5c3)CC4)cc2)C1. The summed E-state index contributed by atoms with van der Waals surface area (Å²) in [6.07, 6.45) is 7.49. The van der Waals surface area contributed by atoms with Crippen LogP contribution in [-0.2, 0) is 23.7 Å². The number of anilines is 2. The number of carbonyl (C=O) groups is 3. The van der Waals surface area contributed by atoms with Gasteiger partial charge in [0.15, 0.2) is 0 Å². The Labute approximate surface area is 319 Å². The van der Waals surface area contributed by atoms with Gasteiger partial charge in [0.2, 0.25) is 11.8 Å². The fourth-order valence-electron chi connectivity index (χ4n) is 9.18. The van der Waals surface area contributed by atoms with Gasteiger partial charge in [-0.3, -0.25) is 29.2 Å². The summed E-state index contributed by atoms with van der Waals surface area (Å²) in [5.74, 6) is -0.529. The van der Waals surface area contributed by atoms with Crippen molar-refractivity contribution in [3.63, 3.8) is 0 Å². The number of benzene rings is 2. The third-order valence-corrected chi connectivity index (χ3v) is 12.8. The van der Waals surface area contributed by atoms with Crippen molar-refractivity contribution in [1.29, 1.82) is 0 Å². The number of fused-ring (bicyclic) bond motifs is 1. The second-order valence-corrected chi connectivity index (χ2v) is 16.3. The summed E-state index contributed by atoms with van der Waals surface area (Å²) in [5.41, 5.74) is 5.28. The Morgan fingerprint density at radius 2 is 1.65 bits per heavy atom. The van der Waals surface area contributed by atoms with E-state index >= 15 is 0 Å². The summed E-state index contributed by atoms with van der Waals surface area (Å²) in [7, 11) is 5.59. The van der Waals surface area contributed by atoms with Crippen LogP contribution < -0.4 is 21.1 Å². The lowest BCUT2D eigenvalue weighted by Crippen LogP contribution is -2.48. The van der Waals surface area contributed by atoms with Crippen LogP contribution in [-0.4, -0.2) is 99.4 Å². The number of hydrogen-bond acceptors (Lipinski definition) is 9. The molecule has 4 saturated heterocycles. The van der Waals surface area contributed by atoms with E-state index in [2.05, 4.69) is 62.9 Å². The van der Waals surface area contributed by atoms with Crippen LogP contribution >= 0.6 is 11.6 Å². The molecule has 1 unspecified atom stereocenters. The van der Waals surface area contributed by atoms with Gasteiger partial charge in [-0.15, -0.1) is 0 Å². The standard InChI is InChI=1S/C40H48ClN9O4/c1-46-23-27(20-28(24-46)43-32-22-42-48(3)39(54)35(32)41)25-4-6-26(7-5-25)38(53)50-18-14-40(15-19-50)12-16-49(17-13-40)29-8-9-30-33(21-29)47(2)45-36(30)31-10-11-34(51)44-37(31)52/h4-9,21-22,27-28,31,43H,10-20,23-24H2,1-3H3,(H,44,51,52)/t27-,28+,31?/m0/s1. The Morgan fingerprint density at radius 3 is 2.37 bits per heavy atom. The van der Waals surface area contributed by atoms with Crippen molar-refractivity contribution in [2.45, 2.75) is 62.8 Å². The molecule has 3 amide bonds. The number of aryl methyl sites for hydroxylation is 2. The number of hydrogen-bond donors (Lipinski definition) is 2. The molecule has 4 aliphatic rings. The van der Waals surface area contributed by atoms with Crippen molar-refractivity contribution >= 4 is 51.6 Å². The van der Waals surface area contributed by atoms with Crippen LogP contribution in [0.3, 0.4) is 0 Å². The summed E-state index contributed by atoms with van der Waals surface area (Å²) in [6, 6.07) is 14.6. The summed E-state index contributed by atoms with van der Waals surface area (Å²) < 4.78 is 3.08. The zero-order valence-electron chi connectivity index (χ0n) is 31.2. The number of piperidine rings is 4. The molecule has 4 aliphatic heterocycles. The molecule has 14 heteroatoms. The summed E-state index contributed by atoms with van der Waals surface area (Å²) in [4.78, 5) is 57.0. The van der Waals surface area contributed by atoms with Crippen molar-refractivity contribution in [3.8, 4) is 0 Å². The molecule has 0 bridgehead atoms. The number of rotatable bonds is 6. The largest absolute Gasteiger partial charge is 0.378 e. The second kappa shape index (κ2) is 14.5. The monoisotopic (exact) mass is 753 g/mol. The first kappa shape index (κ1) is 36.2. The highest BCUT2D eigenvalue weighted by Gasteiger charge is 2.39. The fourth-order valence-corrected chi connectivity index (χ4v) is 9.41. The third kappa shape index (κ3) is 6.99. The Balaban J connectivity index is 0.851. The molecule has 284 valence electrons. The van der Waals surface area contributed by atoms with E-state index < -0.39 is 5.92 Å². The van der Waals surface area contributed by atoms with Crippen molar-refractivity contribution in [2.24, 2.45) is 19.5 Å². The smallest absolute Gasteiger partial charge is 0.287 e. The van der Waals surface area contributed by atoms with Crippen LogP contribution in [0.25, 0.3) is 10.9 Å². The Kier molecular flexibility index (Phi) is 9.72. The normalized spacial score (nSPS) is 23.5. The van der Waals surface area contributed by atoms with Crippen LogP contribution in [0, 0.1) is 5.41 Å². The predicted octanol–water partition coefficient (Wildman–Crippen LogP) is 4.26. The van der Waals surface area contributed by atoms with Crippen molar-refractivity contribution < 1.29 is 14.4 Å². The van der Waals surface area contributed by atoms with E-state index in [4.69, 9.17) is 16.7 Å². The lowest BCUT2D eigenvalue weighted by atomic mass is 9.71. The molecule has 2 aromatic carbocycles. The molecule has 6 heterocycles. The highest BCUT2D eigenvalue weighted by atomic mass is 35.5. The van der Waals surface area contributed by atoms with E-state index in [1.165, 1.54) is 10.2 Å². The number of amides is 3. The van der Waals surface area contributed by atoms with Gasteiger partial charge in [-0.2, -0.15) is 10.2 Å². The molecule has 4 aromatic rings. The molecule has 0 radical (unpaired) electrons. The molecule has 54 heavy (non-hydrogen) atoms. The minimum Gasteiger partial charge on any atom is -0.378 e. The van der Waals surface area contributed by atoms with E-state index in [0.29, 0.717) is 18.5 Å². The van der Waals surface area contributed by atoms with E-state index in [1.54, 1.807) is 13.2 Å². The number of aromatic nitrogens is 4. The van der Waals surface area contributed by atoms with Gasteiger partial charge in [-0.25, -0.2) is 4.68 Å². The molecule has 3 atom stereocenters. The maximum absolute atomic E-state index is 13.7. The van der Waals surface area contributed by atoms with Crippen LogP contribution in [0.15, 0.2) is 53.5 Å². The minimum absolute atomic E-state index is 0.0961. The topological polar surface area (TPSA) is 138 Å². The van der Waals surface area contributed by atoms with Crippen LogP contribution in [0.2, 0.25) is 5.02 Å². The molecule has 2 N–H and O–H groups in total. The van der Waals surface area contributed by atoms with Crippen molar-refractivity contribution in [3.05, 3.63) is 80.9 Å². The quantitative estimate of drug-likeness (QED) is 0.277.